The third-order valence-electron chi connectivity index (χ3n) is 4.90. The number of nitrogens with one attached hydrogen (secondary N) is 2. The van der Waals surface area contributed by atoms with Crippen molar-refractivity contribution in [2.24, 2.45) is 0 Å². The Morgan fingerprint density at radius 1 is 1.35 bits per heavy atom. The van der Waals surface area contributed by atoms with Gasteiger partial charge in [0.25, 0.3) is 5.91 Å². The van der Waals surface area contributed by atoms with Gasteiger partial charge in [0.1, 0.15) is 11.6 Å². The van der Waals surface area contributed by atoms with Crippen molar-refractivity contribution in [3.63, 3.8) is 0 Å². The number of carbonyl (C=O) groups excluding carboxylic acids is 1. The van der Waals surface area contributed by atoms with Gasteiger partial charge in [0, 0.05) is 49.4 Å². The number of aromatic amines is 1. The van der Waals surface area contributed by atoms with Crippen LogP contribution in [-0.4, -0.2) is 62.1 Å². The Labute approximate surface area is 152 Å². The first kappa shape index (κ1) is 17.0. The molecule has 3 heterocycles. The van der Waals surface area contributed by atoms with Gasteiger partial charge >= 0.3 is 0 Å². The standard InChI is InChI=1S/C18H24N6O2/c1-11-10-20-17(21-11)18(26)24-7-4-13-14(5-8-24)22-15(12-2-3-12)23-16(13)19-6-9-25/h10,12,25H,2-9H2,1H3,(H,20,21)(H,19,22,23). The molecular formula is C18H24N6O2. The van der Waals surface area contributed by atoms with E-state index in [4.69, 9.17) is 15.1 Å². The number of aryl methyl sites for hydroxylation is 1. The van der Waals surface area contributed by atoms with E-state index < -0.39 is 0 Å². The van der Waals surface area contributed by atoms with Crippen LogP contribution in [0, 0.1) is 6.92 Å². The van der Waals surface area contributed by atoms with Gasteiger partial charge in [0.15, 0.2) is 5.82 Å². The summed E-state index contributed by atoms with van der Waals surface area (Å²) in [5.41, 5.74) is 2.96. The molecule has 0 bridgehead atoms. The molecule has 2 aliphatic rings. The highest BCUT2D eigenvalue weighted by Crippen LogP contribution is 2.39. The minimum absolute atomic E-state index is 0.0555. The molecule has 0 saturated heterocycles. The summed E-state index contributed by atoms with van der Waals surface area (Å²) in [4.78, 5) is 31.2. The van der Waals surface area contributed by atoms with E-state index in [0.29, 0.717) is 44.2 Å². The molecule has 2 aromatic heterocycles. The van der Waals surface area contributed by atoms with E-state index in [1.807, 2.05) is 11.8 Å². The molecule has 1 amide bonds. The van der Waals surface area contributed by atoms with Crippen molar-refractivity contribution in [2.75, 3.05) is 31.6 Å². The van der Waals surface area contributed by atoms with Gasteiger partial charge in [-0.2, -0.15) is 0 Å². The Bertz CT molecular complexity index is 814. The lowest BCUT2D eigenvalue weighted by atomic mass is 10.1. The van der Waals surface area contributed by atoms with Gasteiger partial charge < -0.3 is 20.3 Å². The molecule has 0 unspecified atom stereocenters. The Morgan fingerprint density at radius 3 is 2.85 bits per heavy atom. The zero-order valence-electron chi connectivity index (χ0n) is 15.0. The zero-order valence-corrected chi connectivity index (χ0v) is 15.0. The lowest BCUT2D eigenvalue weighted by molar-refractivity contribution is 0.0751. The van der Waals surface area contributed by atoms with Crippen LogP contribution in [0.4, 0.5) is 5.82 Å². The number of hydrogen-bond acceptors (Lipinski definition) is 6. The molecule has 3 N–H and O–H groups in total. The fourth-order valence-electron chi connectivity index (χ4n) is 3.34. The van der Waals surface area contributed by atoms with Crippen LogP contribution in [0.25, 0.3) is 0 Å². The summed E-state index contributed by atoms with van der Waals surface area (Å²) >= 11 is 0. The molecule has 1 fully saturated rings. The highest BCUT2D eigenvalue weighted by Gasteiger charge is 2.30. The number of hydrogen-bond donors (Lipinski definition) is 3. The number of amides is 1. The molecule has 2 aromatic rings. The van der Waals surface area contributed by atoms with Crippen LogP contribution in [0.5, 0.6) is 0 Å². The van der Waals surface area contributed by atoms with E-state index >= 15 is 0 Å². The molecule has 138 valence electrons. The van der Waals surface area contributed by atoms with Crippen molar-refractivity contribution < 1.29 is 9.90 Å². The molecule has 4 rings (SSSR count). The van der Waals surface area contributed by atoms with E-state index in [-0.39, 0.29) is 12.5 Å². The van der Waals surface area contributed by atoms with Crippen LogP contribution in [0.15, 0.2) is 6.20 Å². The zero-order chi connectivity index (χ0) is 18.1. The lowest BCUT2D eigenvalue weighted by Crippen LogP contribution is -2.34. The van der Waals surface area contributed by atoms with Crippen molar-refractivity contribution in [3.8, 4) is 0 Å². The predicted molar refractivity (Wildman–Crippen MR) is 96.2 cm³/mol. The van der Waals surface area contributed by atoms with Gasteiger partial charge in [-0.05, 0) is 26.2 Å². The smallest absolute Gasteiger partial charge is 0.289 e. The van der Waals surface area contributed by atoms with E-state index in [2.05, 4.69) is 15.3 Å². The quantitative estimate of drug-likeness (QED) is 0.739. The normalized spacial score (nSPS) is 16.9. The number of H-pyrrole nitrogens is 1. The van der Waals surface area contributed by atoms with Gasteiger partial charge in [-0.25, -0.2) is 15.0 Å². The molecule has 1 aliphatic carbocycles. The summed E-state index contributed by atoms with van der Waals surface area (Å²) in [5, 5.41) is 12.4. The number of imidazole rings is 1. The Hall–Kier alpha value is -2.48. The maximum absolute atomic E-state index is 12.7. The molecule has 1 saturated carbocycles. The number of aromatic nitrogens is 4. The summed E-state index contributed by atoms with van der Waals surface area (Å²) in [6.07, 6.45) is 5.35. The number of aliphatic hydroxyl groups excluding tert-OH is 1. The summed E-state index contributed by atoms with van der Waals surface area (Å²) in [6, 6.07) is 0. The van der Waals surface area contributed by atoms with Crippen LogP contribution < -0.4 is 5.32 Å². The maximum atomic E-state index is 12.7. The van der Waals surface area contributed by atoms with Crippen molar-refractivity contribution in [2.45, 2.75) is 38.5 Å². The van der Waals surface area contributed by atoms with Crippen LogP contribution in [0.2, 0.25) is 0 Å². The van der Waals surface area contributed by atoms with Gasteiger partial charge in [0.2, 0.25) is 0 Å². The number of aliphatic hydroxyl groups is 1. The maximum Gasteiger partial charge on any atom is 0.289 e. The third-order valence-corrected chi connectivity index (χ3v) is 4.90. The van der Waals surface area contributed by atoms with Crippen LogP contribution in [-0.2, 0) is 12.8 Å². The molecule has 1 aliphatic heterocycles. The van der Waals surface area contributed by atoms with E-state index in [1.165, 1.54) is 0 Å². The Kier molecular flexibility index (Phi) is 4.58. The number of anilines is 1. The SMILES string of the molecule is Cc1cnc(C(=O)N2CCc3nc(C4CC4)nc(NCCO)c3CC2)[nH]1. The topological polar surface area (TPSA) is 107 Å². The largest absolute Gasteiger partial charge is 0.395 e. The number of nitrogens with zero attached hydrogens (tertiary/aromatic N) is 4. The van der Waals surface area contributed by atoms with E-state index in [1.54, 1.807) is 6.20 Å². The summed E-state index contributed by atoms with van der Waals surface area (Å²) in [5.74, 6) is 2.48. The molecule has 0 aromatic carbocycles. The second-order valence-electron chi connectivity index (χ2n) is 6.99. The fourth-order valence-corrected chi connectivity index (χ4v) is 3.34. The van der Waals surface area contributed by atoms with Gasteiger partial charge in [-0.3, -0.25) is 4.79 Å². The fraction of sp³-hybridized carbons (Fsp3) is 0.556. The first-order chi connectivity index (χ1) is 12.7. The molecule has 0 atom stereocenters. The average Bonchev–Trinajstić information content (AvgIpc) is 3.43. The Morgan fingerprint density at radius 2 is 2.15 bits per heavy atom. The summed E-state index contributed by atoms with van der Waals surface area (Å²) in [6.45, 7) is 3.62. The lowest BCUT2D eigenvalue weighted by Gasteiger charge is -2.18. The molecule has 26 heavy (non-hydrogen) atoms. The van der Waals surface area contributed by atoms with Crippen LogP contribution in [0.3, 0.4) is 0 Å². The number of carbonyl (C=O) groups is 1. The number of fused-ring (bicyclic) bond motifs is 1. The van der Waals surface area contributed by atoms with Gasteiger partial charge in [0.05, 0.1) is 12.3 Å². The van der Waals surface area contributed by atoms with Gasteiger partial charge in [-0.15, -0.1) is 0 Å². The van der Waals surface area contributed by atoms with Crippen molar-refractivity contribution in [3.05, 3.63) is 34.8 Å². The van der Waals surface area contributed by atoms with Crippen molar-refractivity contribution >= 4 is 11.7 Å². The van der Waals surface area contributed by atoms with Crippen molar-refractivity contribution in [1.29, 1.82) is 0 Å². The minimum atomic E-state index is -0.0776. The van der Waals surface area contributed by atoms with Crippen LogP contribution >= 0.6 is 0 Å². The molecule has 0 radical (unpaired) electrons. The molecule has 0 spiro atoms. The van der Waals surface area contributed by atoms with Crippen molar-refractivity contribution in [1.82, 2.24) is 24.8 Å². The molecule has 8 heteroatoms. The molecule has 8 nitrogen and oxygen atoms in total. The Balaban J connectivity index is 1.57. The first-order valence-corrected chi connectivity index (χ1v) is 9.21. The van der Waals surface area contributed by atoms with Crippen LogP contribution in [0.1, 0.15) is 52.2 Å². The molecular weight excluding hydrogens is 332 g/mol. The summed E-state index contributed by atoms with van der Waals surface area (Å²) in [7, 11) is 0. The first-order valence-electron chi connectivity index (χ1n) is 9.21. The summed E-state index contributed by atoms with van der Waals surface area (Å²) < 4.78 is 0. The highest BCUT2D eigenvalue weighted by molar-refractivity contribution is 5.90. The van der Waals surface area contributed by atoms with E-state index in [0.717, 1.165) is 41.4 Å². The second-order valence-corrected chi connectivity index (χ2v) is 6.99. The second kappa shape index (κ2) is 7.03. The van der Waals surface area contributed by atoms with E-state index in [9.17, 15) is 4.79 Å². The highest BCUT2D eigenvalue weighted by atomic mass is 16.3. The predicted octanol–water partition coefficient (Wildman–Crippen LogP) is 1.03. The monoisotopic (exact) mass is 356 g/mol. The number of rotatable bonds is 5. The van der Waals surface area contributed by atoms with Gasteiger partial charge in [-0.1, -0.05) is 0 Å². The average molecular weight is 356 g/mol. The minimum Gasteiger partial charge on any atom is -0.395 e. The third kappa shape index (κ3) is 3.41.